The summed E-state index contributed by atoms with van der Waals surface area (Å²) in [6, 6.07) is -0.676. The van der Waals surface area contributed by atoms with Crippen LogP contribution in [0.5, 0.6) is 0 Å². The second-order valence-corrected chi connectivity index (χ2v) is 3.61. The number of nitrogens with one attached hydrogen (secondary N) is 1. The Morgan fingerprint density at radius 2 is 1.80 bits per heavy atom. The van der Waals surface area contributed by atoms with Crippen molar-refractivity contribution in [1.29, 1.82) is 0 Å². The van der Waals surface area contributed by atoms with Crippen molar-refractivity contribution in [3.63, 3.8) is 0 Å². The predicted molar refractivity (Wildman–Crippen MR) is 55.4 cm³/mol. The van der Waals surface area contributed by atoms with Crippen LogP contribution in [-0.2, 0) is 14.3 Å². The van der Waals surface area contributed by atoms with Gasteiger partial charge in [-0.1, -0.05) is 13.8 Å². The first-order valence-electron chi connectivity index (χ1n) is 5.07. The first-order valence-corrected chi connectivity index (χ1v) is 5.07. The van der Waals surface area contributed by atoms with E-state index in [2.05, 4.69) is 5.32 Å². The lowest BCUT2D eigenvalue weighted by Gasteiger charge is -2.13. The van der Waals surface area contributed by atoms with Gasteiger partial charge in [0.1, 0.15) is 6.04 Å². The molecule has 0 aliphatic carbocycles. The van der Waals surface area contributed by atoms with Crippen molar-refractivity contribution >= 4 is 12.1 Å². The molecule has 0 fully saturated rings. The summed E-state index contributed by atoms with van der Waals surface area (Å²) in [5.74, 6) is -0.187. The van der Waals surface area contributed by atoms with Crippen LogP contribution in [0.3, 0.4) is 0 Å². The minimum absolute atomic E-state index is 0.272. The van der Waals surface area contributed by atoms with Crippen LogP contribution in [0.15, 0.2) is 0 Å². The van der Waals surface area contributed by atoms with Crippen molar-refractivity contribution in [2.75, 3.05) is 13.2 Å². The number of amides is 1. The van der Waals surface area contributed by atoms with Gasteiger partial charge in [0.2, 0.25) is 0 Å². The van der Waals surface area contributed by atoms with Crippen molar-refractivity contribution in [2.45, 2.75) is 33.7 Å². The number of hydrogen-bond acceptors (Lipinski definition) is 4. The van der Waals surface area contributed by atoms with E-state index in [0.717, 1.165) is 0 Å². The average molecular weight is 217 g/mol. The summed E-state index contributed by atoms with van der Waals surface area (Å²) in [7, 11) is 0. The van der Waals surface area contributed by atoms with Gasteiger partial charge in [-0.3, -0.25) is 0 Å². The Morgan fingerprint density at radius 1 is 1.20 bits per heavy atom. The van der Waals surface area contributed by atoms with Crippen LogP contribution in [-0.4, -0.2) is 31.3 Å². The molecule has 0 spiro atoms. The molecular formula is C10H19NO4. The topological polar surface area (TPSA) is 64.6 Å². The van der Waals surface area contributed by atoms with E-state index in [4.69, 9.17) is 9.47 Å². The first-order chi connectivity index (χ1) is 6.97. The highest BCUT2D eigenvalue weighted by atomic mass is 16.6. The minimum Gasteiger partial charge on any atom is -0.464 e. The van der Waals surface area contributed by atoms with Gasteiger partial charge in [0.25, 0.3) is 0 Å². The molecule has 1 atom stereocenters. The molecule has 15 heavy (non-hydrogen) atoms. The molecule has 0 aromatic heterocycles. The predicted octanol–water partition coefficient (Wildman–Crippen LogP) is 1.32. The average Bonchev–Trinajstić information content (AvgIpc) is 2.15. The fraction of sp³-hybridized carbons (Fsp3) is 0.800. The van der Waals surface area contributed by atoms with Crippen LogP contribution in [0.2, 0.25) is 0 Å². The van der Waals surface area contributed by atoms with E-state index < -0.39 is 18.1 Å². The van der Waals surface area contributed by atoms with Crippen LogP contribution in [0.25, 0.3) is 0 Å². The lowest BCUT2D eigenvalue weighted by Crippen LogP contribution is -2.40. The monoisotopic (exact) mass is 217 g/mol. The third-order valence-corrected chi connectivity index (χ3v) is 1.52. The second kappa shape index (κ2) is 7.09. The molecule has 1 N–H and O–H groups in total. The van der Waals surface area contributed by atoms with Gasteiger partial charge in [0, 0.05) is 0 Å². The van der Waals surface area contributed by atoms with Gasteiger partial charge >= 0.3 is 12.1 Å². The van der Waals surface area contributed by atoms with Gasteiger partial charge in [-0.05, 0) is 19.8 Å². The van der Waals surface area contributed by atoms with E-state index in [-0.39, 0.29) is 5.92 Å². The zero-order valence-corrected chi connectivity index (χ0v) is 9.70. The Hall–Kier alpha value is -1.26. The smallest absolute Gasteiger partial charge is 0.407 e. The molecule has 0 bridgehead atoms. The van der Waals surface area contributed by atoms with Crippen molar-refractivity contribution in [1.82, 2.24) is 5.32 Å². The Morgan fingerprint density at radius 3 is 2.27 bits per heavy atom. The molecule has 5 nitrogen and oxygen atoms in total. The molecule has 0 aliphatic rings. The molecule has 1 unspecified atom stereocenters. The van der Waals surface area contributed by atoms with Gasteiger partial charge in [-0.15, -0.1) is 0 Å². The third-order valence-electron chi connectivity index (χ3n) is 1.52. The van der Waals surface area contributed by atoms with Crippen molar-refractivity contribution in [3.8, 4) is 0 Å². The molecule has 0 rings (SSSR count). The largest absolute Gasteiger partial charge is 0.464 e. The molecule has 0 aliphatic heterocycles. The molecule has 0 saturated heterocycles. The highest BCUT2D eigenvalue weighted by Gasteiger charge is 2.17. The van der Waals surface area contributed by atoms with E-state index in [0.29, 0.717) is 13.2 Å². The normalized spacial score (nSPS) is 12.1. The van der Waals surface area contributed by atoms with Crippen LogP contribution in [0.4, 0.5) is 4.79 Å². The quantitative estimate of drug-likeness (QED) is 0.705. The van der Waals surface area contributed by atoms with E-state index in [1.807, 2.05) is 13.8 Å². The van der Waals surface area contributed by atoms with Crippen LogP contribution in [0.1, 0.15) is 27.7 Å². The molecule has 0 heterocycles. The first kappa shape index (κ1) is 13.7. The van der Waals surface area contributed by atoms with E-state index in [9.17, 15) is 9.59 Å². The number of alkyl carbamates (subject to hydrolysis) is 1. The van der Waals surface area contributed by atoms with E-state index >= 15 is 0 Å². The van der Waals surface area contributed by atoms with Gasteiger partial charge in [-0.2, -0.15) is 0 Å². The molecule has 1 amide bonds. The highest BCUT2D eigenvalue weighted by Crippen LogP contribution is 1.94. The number of rotatable bonds is 5. The maximum atomic E-state index is 11.1. The maximum absolute atomic E-state index is 11.1. The molecular weight excluding hydrogens is 198 g/mol. The standard InChI is InChI=1S/C10H19NO4/c1-5-14-9(12)8(4)11-10(13)15-6-7(2)3/h7-8H,5-6H2,1-4H3,(H,11,13). The summed E-state index contributed by atoms with van der Waals surface area (Å²) in [6.45, 7) is 7.76. The van der Waals surface area contributed by atoms with Crippen molar-refractivity contribution < 1.29 is 19.1 Å². The number of hydrogen-bond donors (Lipinski definition) is 1. The summed E-state index contributed by atoms with van der Waals surface area (Å²) < 4.78 is 9.57. The zero-order valence-electron chi connectivity index (χ0n) is 9.70. The van der Waals surface area contributed by atoms with Crippen molar-refractivity contribution in [2.24, 2.45) is 5.92 Å². The Bertz CT molecular complexity index is 215. The van der Waals surface area contributed by atoms with Gasteiger partial charge in [-0.25, -0.2) is 9.59 Å². The van der Waals surface area contributed by atoms with Crippen LogP contribution >= 0.6 is 0 Å². The van der Waals surface area contributed by atoms with Crippen LogP contribution in [0, 0.1) is 5.92 Å². The van der Waals surface area contributed by atoms with E-state index in [1.54, 1.807) is 13.8 Å². The lowest BCUT2D eigenvalue weighted by atomic mass is 10.2. The maximum Gasteiger partial charge on any atom is 0.407 e. The Kier molecular flexibility index (Phi) is 6.49. The van der Waals surface area contributed by atoms with Crippen LogP contribution < -0.4 is 5.32 Å². The lowest BCUT2D eigenvalue weighted by molar-refractivity contribution is -0.145. The fourth-order valence-electron chi connectivity index (χ4n) is 0.787. The molecule has 0 radical (unpaired) electrons. The Labute approximate surface area is 90.1 Å². The summed E-state index contributed by atoms with van der Waals surface area (Å²) >= 11 is 0. The van der Waals surface area contributed by atoms with Crippen molar-refractivity contribution in [3.05, 3.63) is 0 Å². The summed E-state index contributed by atoms with van der Waals surface area (Å²) in [4.78, 5) is 22.2. The van der Waals surface area contributed by atoms with Gasteiger partial charge in [0.15, 0.2) is 0 Å². The molecule has 0 saturated carbocycles. The Balaban J connectivity index is 3.80. The molecule has 0 aromatic rings. The molecule has 88 valence electrons. The summed E-state index contributed by atoms with van der Waals surface area (Å²) in [6.07, 6.45) is -0.593. The third kappa shape index (κ3) is 6.76. The number of carbonyl (C=O) groups excluding carboxylic acids is 2. The fourth-order valence-corrected chi connectivity index (χ4v) is 0.787. The number of carbonyl (C=O) groups is 2. The van der Waals surface area contributed by atoms with E-state index in [1.165, 1.54) is 0 Å². The van der Waals surface area contributed by atoms with Gasteiger partial charge in [0.05, 0.1) is 13.2 Å². The number of ether oxygens (including phenoxy) is 2. The number of esters is 1. The SMILES string of the molecule is CCOC(=O)C(C)NC(=O)OCC(C)C. The highest BCUT2D eigenvalue weighted by molar-refractivity contribution is 5.80. The summed E-state index contributed by atoms with van der Waals surface area (Å²) in [5.41, 5.74) is 0. The van der Waals surface area contributed by atoms with Gasteiger partial charge < -0.3 is 14.8 Å². The zero-order chi connectivity index (χ0) is 11.8. The molecule has 5 heteroatoms. The summed E-state index contributed by atoms with van der Waals surface area (Å²) in [5, 5.41) is 2.38. The molecule has 0 aromatic carbocycles. The second-order valence-electron chi connectivity index (χ2n) is 3.61. The minimum atomic E-state index is -0.676.